The van der Waals surface area contributed by atoms with Crippen LogP contribution in [0.5, 0.6) is 0 Å². The van der Waals surface area contributed by atoms with Gasteiger partial charge in [0.2, 0.25) is 0 Å². The highest BCUT2D eigenvalue weighted by atomic mass is 16.4. The number of aliphatic carboxylic acids is 1. The average molecular weight is 262 g/mol. The number of carbonyl (C=O) groups is 1. The number of carboxylic acids is 1. The number of carboxylic acid groups (broad SMARTS) is 1. The Balaban J connectivity index is 2.25. The lowest BCUT2D eigenvalue weighted by molar-refractivity contribution is -0.138. The minimum Gasteiger partial charge on any atom is -0.481 e. The van der Waals surface area contributed by atoms with Crippen LogP contribution in [0.3, 0.4) is 0 Å². The van der Waals surface area contributed by atoms with E-state index in [-0.39, 0.29) is 12.8 Å². The van der Waals surface area contributed by atoms with E-state index in [1.54, 1.807) is 31.2 Å². The summed E-state index contributed by atoms with van der Waals surface area (Å²) in [6, 6.07) is 7.04. The first-order valence-corrected chi connectivity index (χ1v) is 5.77. The first-order chi connectivity index (χ1) is 8.99. The molecule has 2 aromatic rings. The van der Waals surface area contributed by atoms with Gasteiger partial charge in [0, 0.05) is 6.42 Å². The lowest BCUT2D eigenvalue weighted by atomic mass is 9.91. The summed E-state index contributed by atoms with van der Waals surface area (Å²) in [5, 5.41) is 29.9. The summed E-state index contributed by atoms with van der Waals surface area (Å²) in [5.74, 6) is -0.933. The zero-order valence-corrected chi connectivity index (χ0v) is 10.4. The first kappa shape index (κ1) is 13.2. The van der Waals surface area contributed by atoms with Gasteiger partial charge in [-0.05, 0) is 41.5 Å². The number of aromatic nitrogens is 4. The molecule has 100 valence electrons. The van der Waals surface area contributed by atoms with Crippen LogP contribution in [0.25, 0.3) is 5.69 Å². The van der Waals surface area contributed by atoms with E-state index in [1.807, 2.05) is 0 Å². The lowest BCUT2D eigenvalue weighted by Crippen LogP contribution is -2.22. The van der Waals surface area contributed by atoms with Crippen molar-refractivity contribution in [3.8, 4) is 5.69 Å². The molecule has 0 aliphatic rings. The molecule has 0 saturated carbocycles. The normalized spacial score (nSPS) is 14.0. The molecule has 2 N–H and O–H groups in total. The minimum absolute atomic E-state index is 0.0951. The molecule has 0 aliphatic carbocycles. The Morgan fingerprint density at radius 1 is 1.47 bits per heavy atom. The third-order valence-electron chi connectivity index (χ3n) is 2.91. The second-order valence-corrected chi connectivity index (χ2v) is 4.47. The molecule has 0 saturated heterocycles. The first-order valence-electron chi connectivity index (χ1n) is 5.77. The minimum atomic E-state index is -1.21. The Labute approximate surface area is 109 Å². The van der Waals surface area contributed by atoms with E-state index in [1.165, 1.54) is 11.0 Å². The highest BCUT2D eigenvalue weighted by Gasteiger charge is 2.24. The summed E-state index contributed by atoms with van der Waals surface area (Å²) in [5.41, 5.74) is 0.127. The molecule has 7 nitrogen and oxygen atoms in total. The second kappa shape index (κ2) is 5.15. The van der Waals surface area contributed by atoms with E-state index in [9.17, 15) is 9.90 Å². The molecule has 0 spiro atoms. The molecular formula is C12H14N4O3. The monoisotopic (exact) mass is 262 g/mol. The maximum Gasteiger partial charge on any atom is 0.303 e. The summed E-state index contributed by atoms with van der Waals surface area (Å²) in [4.78, 5) is 10.6. The van der Waals surface area contributed by atoms with Gasteiger partial charge < -0.3 is 10.2 Å². The summed E-state index contributed by atoms with van der Waals surface area (Å²) in [6.07, 6.45) is 1.49. The fourth-order valence-electron chi connectivity index (χ4n) is 1.76. The molecule has 1 atom stereocenters. The van der Waals surface area contributed by atoms with Crippen molar-refractivity contribution in [1.82, 2.24) is 20.2 Å². The van der Waals surface area contributed by atoms with Crippen molar-refractivity contribution >= 4 is 5.97 Å². The highest BCUT2D eigenvalue weighted by Crippen LogP contribution is 2.27. The SMILES string of the molecule is CC(O)(CCC(=O)O)c1cccc(-n2cnnn2)c1. The van der Waals surface area contributed by atoms with Crippen molar-refractivity contribution in [3.05, 3.63) is 36.2 Å². The number of benzene rings is 1. The van der Waals surface area contributed by atoms with Crippen LogP contribution in [0, 0.1) is 0 Å². The molecular weight excluding hydrogens is 248 g/mol. The van der Waals surface area contributed by atoms with Gasteiger partial charge >= 0.3 is 5.97 Å². The highest BCUT2D eigenvalue weighted by molar-refractivity contribution is 5.66. The van der Waals surface area contributed by atoms with Crippen molar-refractivity contribution in [2.24, 2.45) is 0 Å². The predicted octanol–water partition coefficient (Wildman–Crippen LogP) is 0.735. The molecule has 0 aliphatic heterocycles. The average Bonchev–Trinajstić information content (AvgIpc) is 2.91. The summed E-state index contributed by atoms with van der Waals surface area (Å²) in [6.45, 7) is 1.59. The van der Waals surface area contributed by atoms with Crippen LogP contribution < -0.4 is 0 Å². The van der Waals surface area contributed by atoms with Crippen molar-refractivity contribution in [1.29, 1.82) is 0 Å². The zero-order valence-electron chi connectivity index (χ0n) is 10.4. The van der Waals surface area contributed by atoms with Gasteiger partial charge in [0.1, 0.15) is 6.33 Å². The van der Waals surface area contributed by atoms with E-state index in [4.69, 9.17) is 5.11 Å². The second-order valence-electron chi connectivity index (χ2n) is 4.47. The molecule has 1 heterocycles. The van der Waals surface area contributed by atoms with Gasteiger partial charge in [0.15, 0.2) is 0 Å². The summed E-state index contributed by atoms with van der Waals surface area (Å²) < 4.78 is 1.47. The van der Waals surface area contributed by atoms with Crippen LogP contribution in [0.2, 0.25) is 0 Å². The quantitative estimate of drug-likeness (QED) is 0.824. The molecule has 19 heavy (non-hydrogen) atoms. The fraction of sp³-hybridized carbons (Fsp3) is 0.333. The Bertz CT molecular complexity index is 566. The number of tetrazole rings is 1. The van der Waals surface area contributed by atoms with Gasteiger partial charge in [0.05, 0.1) is 11.3 Å². The molecule has 0 bridgehead atoms. The molecule has 1 aromatic carbocycles. The van der Waals surface area contributed by atoms with Crippen LogP contribution in [-0.2, 0) is 10.4 Å². The number of nitrogens with zero attached hydrogens (tertiary/aromatic N) is 4. The molecule has 0 amide bonds. The van der Waals surface area contributed by atoms with Crippen LogP contribution in [0.15, 0.2) is 30.6 Å². The zero-order chi connectivity index (χ0) is 13.9. The van der Waals surface area contributed by atoms with E-state index < -0.39 is 11.6 Å². The Morgan fingerprint density at radius 3 is 2.89 bits per heavy atom. The van der Waals surface area contributed by atoms with Crippen molar-refractivity contribution in [2.75, 3.05) is 0 Å². The van der Waals surface area contributed by atoms with Gasteiger partial charge in [-0.25, -0.2) is 4.68 Å². The van der Waals surface area contributed by atoms with Gasteiger partial charge in [0.25, 0.3) is 0 Å². The van der Waals surface area contributed by atoms with E-state index >= 15 is 0 Å². The van der Waals surface area contributed by atoms with Gasteiger partial charge in [-0.2, -0.15) is 0 Å². The fourth-order valence-corrected chi connectivity index (χ4v) is 1.76. The lowest BCUT2D eigenvalue weighted by Gasteiger charge is -2.23. The molecule has 7 heteroatoms. The maximum atomic E-state index is 10.6. The predicted molar refractivity (Wildman–Crippen MR) is 65.6 cm³/mol. The van der Waals surface area contributed by atoms with Crippen molar-refractivity contribution in [2.45, 2.75) is 25.4 Å². The smallest absolute Gasteiger partial charge is 0.303 e. The molecule has 0 fully saturated rings. The third kappa shape index (κ3) is 3.14. The molecule has 2 rings (SSSR count). The maximum absolute atomic E-state index is 10.6. The largest absolute Gasteiger partial charge is 0.481 e. The van der Waals surface area contributed by atoms with Crippen LogP contribution in [0.4, 0.5) is 0 Å². The Morgan fingerprint density at radius 2 is 2.26 bits per heavy atom. The topological polar surface area (TPSA) is 101 Å². The van der Waals surface area contributed by atoms with Crippen molar-refractivity contribution in [3.63, 3.8) is 0 Å². The van der Waals surface area contributed by atoms with Gasteiger partial charge in [-0.1, -0.05) is 12.1 Å². The standard InChI is InChI=1S/C12H14N4O3/c1-12(19,6-5-11(17)18)9-3-2-4-10(7-9)16-8-13-14-15-16/h2-4,7-8,19H,5-6H2,1H3,(H,17,18). The van der Waals surface area contributed by atoms with Gasteiger partial charge in [-0.15, -0.1) is 5.10 Å². The van der Waals surface area contributed by atoms with E-state index in [2.05, 4.69) is 15.5 Å². The number of rotatable bonds is 5. The number of aliphatic hydroxyl groups is 1. The van der Waals surface area contributed by atoms with E-state index in [0.29, 0.717) is 11.3 Å². The molecule has 1 unspecified atom stereocenters. The number of hydrogen-bond acceptors (Lipinski definition) is 5. The molecule has 0 radical (unpaired) electrons. The summed E-state index contributed by atoms with van der Waals surface area (Å²) >= 11 is 0. The van der Waals surface area contributed by atoms with Gasteiger partial charge in [-0.3, -0.25) is 4.79 Å². The van der Waals surface area contributed by atoms with Crippen LogP contribution in [-0.4, -0.2) is 36.4 Å². The Kier molecular flexibility index (Phi) is 3.57. The van der Waals surface area contributed by atoms with E-state index in [0.717, 1.165) is 0 Å². The third-order valence-corrected chi connectivity index (χ3v) is 2.91. The van der Waals surface area contributed by atoms with Crippen LogP contribution in [0.1, 0.15) is 25.3 Å². The molecule has 1 aromatic heterocycles. The Hall–Kier alpha value is -2.28. The van der Waals surface area contributed by atoms with Crippen molar-refractivity contribution < 1.29 is 15.0 Å². The number of hydrogen-bond donors (Lipinski definition) is 2. The summed E-state index contributed by atoms with van der Waals surface area (Å²) in [7, 11) is 0. The van der Waals surface area contributed by atoms with Crippen LogP contribution >= 0.6 is 0 Å².